The molecule has 152 valence electrons. The van der Waals surface area contributed by atoms with Gasteiger partial charge in [0.05, 0.1) is 13.2 Å². The van der Waals surface area contributed by atoms with Crippen LogP contribution in [0.4, 0.5) is 5.82 Å². The van der Waals surface area contributed by atoms with E-state index in [0.717, 1.165) is 49.9 Å². The number of anilines is 1. The highest BCUT2D eigenvalue weighted by Crippen LogP contribution is 2.29. The van der Waals surface area contributed by atoms with Crippen molar-refractivity contribution in [1.29, 1.82) is 0 Å². The Bertz CT molecular complexity index is 875. The van der Waals surface area contributed by atoms with E-state index in [1.807, 2.05) is 24.4 Å². The second-order valence-electron chi connectivity index (χ2n) is 7.34. The lowest BCUT2D eigenvalue weighted by molar-refractivity contribution is 0.120. The molecule has 0 unspecified atom stereocenters. The van der Waals surface area contributed by atoms with E-state index >= 15 is 0 Å². The minimum atomic E-state index is 0.384. The van der Waals surface area contributed by atoms with Crippen LogP contribution < -0.4 is 10.6 Å². The Balaban J connectivity index is 1.50. The Kier molecular flexibility index (Phi) is 6.49. The van der Waals surface area contributed by atoms with Gasteiger partial charge in [-0.05, 0) is 30.5 Å². The molecule has 0 atom stereocenters. The summed E-state index contributed by atoms with van der Waals surface area (Å²) in [5, 5.41) is 9.04. The SMILES string of the molecule is NCCOCc1nnc(C2CCN(c3ccccn3)CC2)n1Cc1ccccc1. The Morgan fingerprint density at radius 3 is 2.52 bits per heavy atom. The lowest BCUT2D eigenvalue weighted by Crippen LogP contribution is -2.34. The van der Waals surface area contributed by atoms with Gasteiger partial charge in [0.25, 0.3) is 0 Å². The van der Waals surface area contributed by atoms with Crippen LogP contribution in [-0.2, 0) is 17.9 Å². The minimum Gasteiger partial charge on any atom is -0.372 e. The highest BCUT2D eigenvalue weighted by molar-refractivity contribution is 5.38. The quantitative estimate of drug-likeness (QED) is 0.594. The van der Waals surface area contributed by atoms with Gasteiger partial charge < -0.3 is 19.9 Å². The molecule has 0 aliphatic carbocycles. The molecule has 7 heteroatoms. The number of benzene rings is 1. The summed E-state index contributed by atoms with van der Waals surface area (Å²) in [5.41, 5.74) is 6.80. The number of ether oxygens (including phenoxy) is 1. The molecule has 2 N–H and O–H groups in total. The van der Waals surface area contributed by atoms with Crippen LogP contribution in [0.1, 0.15) is 36.0 Å². The third-order valence-corrected chi connectivity index (χ3v) is 5.37. The average molecular weight is 393 g/mol. The number of nitrogens with two attached hydrogens (primary N) is 1. The second kappa shape index (κ2) is 9.62. The normalized spacial score (nSPS) is 15.0. The van der Waals surface area contributed by atoms with Crippen LogP contribution in [-0.4, -0.2) is 46.0 Å². The summed E-state index contributed by atoms with van der Waals surface area (Å²) < 4.78 is 7.89. The van der Waals surface area contributed by atoms with Gasteiger partial charge in [-0.2, -0.15) is 0 Å². The lowest BCUT2D eigenvalue weighted by Gasteiger charge is -2.32. The van der Waals surface area contributed by atoms with Crippen molar-refractivity contribution in [1.82, 2.24) is 19.7 Å². The van der Waals surface area contributed by atoms with Gasteiger partial charge in [-0.3, -0.25) is 0 Å². The Hall–Kier alpha value is -2.77. The molecule has 1 fully saturated rings. The molecule has 4 rings (SSSR count). The summed E-state index contributed by atoms with van der Waals surface area (Å²) in [4.78, 5) is 6.83. The Morgan fingerprint density at radius 2 is 1.79 bits per heavy atom. The van der Waals surface area contributed by atoms with Gasteiger partial charge in [-0.25, -0.2) is 4.98 Å². The number of piperidine rings is 1. The maximum atomic E-state index is 5.66. The fourth-order valence-electron chi connectivity index (χ4n) is 3.85. The number of nitrogens with zero attached hydrogens (tertiary/aromatic N) is 5. The summed E-state index contributed by atoms with van der Waals surface area (Å²) >= 11 is 0. The fraction of sp³-hybridized carbons (Fsp3) is 0.409. The fourth-order valence-corrected chi connectivity index (χ4v) is 3.85. The van der Waals surface area contributed by atoms with Crippen LogP contribution in [0.5, 0.6) is 0 Å². The standard InChI is InChI=1S/C22H28N6O/c23-11-15-29-17-21-25-26-22(28(21)16-18-6-2-1-3-7-18)19-9-13-27(14-10-19)20-8-4-5-12-24-20/h1-8,12,19H,9-11,13-17,23H2. The first-order chi connectivity index (χ1) is 14.3. The summed E-state index contributed by atoms with van der Waals surface area (Å²) in [6.07, 6.45) is 3.92. The van der Waals surface area contributed by atoms with Crippen LogP contribution in [0.15, 0.2) is 54.7 Å². The lowest BCUT2D eigenvalue weighted by atomic mass is 9.95. The first kappa shape index (κ1) is 19.5. The highest BCUT2D eigenvalue weighted by atomic mass is 16.5. The van der Waals surface area contributed by atoms with Crippen molar-refractivity contribution in [3.63, 3.8) is 0 Å². The molecule has 29 heavy (non-hydrogen) atoms. The first-order valence-electron chi connectivity index (χ1n) is 10.2. The molecular weight excluding hydrogens is 364 g/mol. The molecule has 3 aromatic rings. The molecule has 0 saturated carbocycles. The zero-order valence-electron chi connectivity index (χ0n) is 16.7. The molecule has 1 saturated heterocycles. The maximum absolute atomic E-state index is 5.66. The summed E-state index contributed by atoms with van der Waals surface area (Å²) in [5.74, 6) is 3.35. The number of aromatic nitrogens is 4. The van der Waals surface area contributed by atoms with Crippen molar-refractivity contribution in [2.24, 2.45) is 5.73 Å². The van der Waals surface area contributed by atoms with Crippen molar-refractivity contribution < 1.29 is 4.74 Å². The number of hydrogen-bond donors (Lipinski definition) is 1. The minimum absolute atomic E-state index is 0.384. The monoisotopic (exact) mass is 392 g/mol. The molecule has 0 spiro atoms. The van der Waals surface area contributed by atoms with Gasteiger partial charge in [0.1, 0.15) is 18.2 Å². The Labute approximate surface area is 171 Å². The van der Waals surface area contributed by atoms with Gasteiger partial charge in [-0.15, -0.1) is 10.2 Å². The van der Waals surface area contributed by atoms with Crippen LogP contribution in [0.3, 0.4) is 0 Å². The van der Waals surface area contributed by atoms with Gasteiger partial charge >= 0.3 is 0 Å². The molecule has 1 aliphatic heterocycles. The van der Waals surface area contributed by atoms with Gasteiger partial charge in [-0.1, -0.05) is 36.4 Å². The van der Waals surface area contributed by atoms with Gasteiger partial charge in [0, 0.05) is 31.7 Å². The molecule has 0 bridgehead atoms. The molecule has 1 aromatic carbocycles. The van der Waals surface area contributed by atoms with Crippen LogP contribution in [0.25, 0.3) is 0 Å². The van der Waals surface area contributed by atoms with Crippen molar-refractivity contribution in [3.8, 4) is 0 Å². The summed E-state index contributed by atoms with van der Waals surface area (Å²) in [6.45, 7) is 4.16. The topological polar surface area (TPSA) is 82.1 Å². The van der Waals surface area contributed by atoms with Crippen molar-refractivity contribution >= 4 is 5.82 Å². The number of hydrogen-bond acceptors (Lipinski definition) is 6. The zero-order valence-corrected chi connectivity index (χ0v) is 16.7. The Morgan fingerprint density at radius 1 is 1.00 bits per heavy atom. The van der Waals surface area contributed by atoms with E-state index in [0.29, 0.717) is 25.7 Å². The first-order valence-corrected chi connectivity index (χ1v) is 10.2. The molecule has 0 amide bonds. The number of rotatable bonds is 8. The van der Waals surface area contributed by atoms with E-state index in [2.05, 4.69) is 55.0 Å². The molecular formula is C22H28N6O. The molecule has 7 nitrogen and oxygen atoms in total. The highest BCUT2D eigenvalue weighted by Gasteiger charge is 2.26. The van der Waals surface area contributed by atoms with E-state index < -0.39 is 0 Å². The smallest absolute Gasteiger partial charge is 0.159 e. The van der Waals surface area contributed by atoms with Crippen LogP contribution in [0.2, 0.25) is 0 Å². The third-order valence-electron chi connectivity index (χ3n) is 5.37. The average Bonchev–Trinajstić information content (AvgIpc) is 3.18. The largest absolute Gasteiger partial charge is 0.372 e. The summed E-state index contributed by atoms with van der Waals surface area (Å²) in [6, 6.07) is 16.5. The summed E-state index contributed by atoms with van der Waals surface area (Å²) in [7, 11) is 0. The van der Waals surface area contributed by atoms with Crippen molar-refractivity contribution in [2.45, 2.75) is 31.9 Å². The molecule has 3 heterocycles. The van der Waals surface area contributed by atoms with E-state index in [1.54, 1.807) is 0 Å². The van der Waals surface area contributed by atoms with Gasteiger partial charge in [0.2, 0.25) is 0 Å². The maximum Gasteiger partial charge on any atom is 0.159 e. The van der Waals surface area contributed by atoms with E-state index in [1.165, 1.54) is 5.56 Å². The zero-order chi connectivity index (χ0) is 19.9. The van der Waals surface area contributed by atoms with Crippen molar-refractivity contribution in [3.05, 3.63) is 71.9 Å². The van der Waals surface area contributed by atoms with E-state index in [4.69, 9.17) is 10.5 Å². The molecule has 1 aliphatic rings. The van der Waals surface area contributed by atoms with Gasteiger partial charge in [0.15, 0.2) is 5.82 Å². The predicted octanol–water partition coefficient (Wildman–Crippen LogP) is 2.58. The van der Waals surface area contributed by atoms with E-state index in [9.17, 15) is 0 Å². The van der Waals surface area contributed by atoms with E-state index in [-0.39, 0.29) is 0 Å². The van der Waals surface area contributed by atoms with Crippen LogP contribution in [0, 0.1) is 0 Å². The second-order valence-corrected chi connectivity index (χ2v) is 7.34. The van der Waals surface area contributed by atoms with Crippen LogP contribution >= 0.6 is 0 Å². The predicted molar refractivity (Wildman–Crippen MR) is 113 cm³/mol. The molecule has 2 aromatic heterocycles. The number of pyridine rings is 1. The van der Waals surface area contributed by atoms with Crippen molar-refractivity contribution in [2.75, 3.05) is 31.1 Å². The molecule has 0 radical (unpaired) electrons. The third kappa shape index (κ3) is 4.81.